The molecule has 3 rings (SSSR count). The predicted molar refractivity (Wildman–Crippen MR) is 132 cm³/mol. The van der Waals surface area contributed by atoms with Crippen molar-refractivity contribution in [2.45, 2.75) is 68.7 Å². The number of anilines is 1. The van der Waals surface area contributed by atoms with Gasteiger partial charge >= 0.3 is 12.1 Å². The van der Waals surface area contributed by atoms with E-state index in [1.807, 2.05) is 19.1 Å². The number of carboxylic acids is 1. The van der Waals surface area contributed by atoms with Crippen LogP contribution in [0.5, 0.6) is 5.75 Å². The van der Waals surface area contributed by atoms with Gasteiger partial charge in [-0.2, -0.15) is 18.3 Å². The van der Waals surface area contributed by atoms with Gasteiger partial charge in [0.1, 0.15) is 5.75 Å². The van der Waals surface area contributed by atoms with Crippen molar-refractivity contribution in [1.82, 2.24) is 0 Å². The summed E-state index contributed by atoms with van der Waals surface area (Å²) in [6, 6.07) is 9.84. The molecule has 1 saturated carbocycles. The minimum Gasteiger partial charge on any atom is -0.478 e. The van der Waals surface area contributed by atoms with Crippen molar-refractivity contribution < 1.29 is 27.8 Å². The zero-order valence-electron chi connectivity index (χ0n) is 19.7. The first-order chi connectivity index (χ1) is 16.5. The summed E-state index contributed by atoms with van der Waals surface area (Å²) in [5.74, 6) is 0.0985. The van der Waals surface area contributed by atoms with Gasteiger partial charge in [0.25, 0.3) is 0 Å². The Labute approximate surface area is 207 Å². The van der Waals surface area contributed by atoms with Crippen molar-refractivity contribution in [3.63, 3.8) is 0 Å². The number of thioether (sulfide) groups is 1. The number of nitrogens with two attached hydrogens (primary N) is 1. The van der Waals surface area contributed by atoms with Crippen LogP contribution in [0.2, 0.25) is 0 Å². The molecule has 0 saturated heterocycles. The second kappa shape index (κ2) is 11.3. The first kappa shape index (κ1) is 26.9. The predicted octanol–water partition coefficient (Wildman–Crippen LogP) is 6.09. The number of ether oxygens (including phenoxy) is 1. The maximum atomic E-state index is 12.7. The number of nitrogens with zero attached hydrogens (tertiary/aromatic N) is 1. The van der Waals surface area contributed by atoms with Gasteiger partial charge in [0, 0.05) is 16.7 Å². The number of carboxylic acid groups (broad SMARTS) is 1. The highest BCUT2D eigenvalue weighted by molar-refractivity contribution is 8.00. The third-order valence-corrected chi connectivity index (χ3v) is 6.98. The van der Waals surface area contributed by atoms with Crippen LogP contribution in [-0.4, -0.2) is 34.2 Å². The minimum absolute atomic E-state index is 0.366. The molecule has 10 heteroatoms. The van der Waals surface area contributed by atoms with Gasteiger partial charge in [0.05, 0.1) is 17.0 Å². The van der Waals surface area contributed by atoms with Crippen LogP contribution < -0.4 is 15.9 Å². The topological polar surface area (TPSA) is 96.9 Å². The number of nitrogens with one attached hydrogen (secondary N) is 1. The number of carbonyl (C=O) groups is 1. The van der Waals surface area contributed by atoms with Gasteiger partial charge in [0.15, 0.2) is 0 Å². The molecule has 2 aromatic rings. The lowest BCUT2D eigenvalue weighted by atomic mass is 9.84. The highest BCUT2D eigenvalue weighted by Crippen LogP contribution is 2.36. The van der Waals surface area contributed by atoms with E-state index in [0.717, 1.165) is 41.9 Å². The summed E-state index contributed by atoms with van der Waals surface area (Å²) in [6.07, 6.45) is -0.710. The number of halogens is 3. The highest BCUT2D eigenvalue weighted by atomic mass is 32.2. The van der Waals surface area contributed by atoms with Crippen LogP contribution >= 0.6 is 11.8 Å². The molecule has 4 N–H and O–H groups in total. The third kappa shape index (κ3) is 7.14. The molecule has 0 bridgehead atoms. The zero-order valence-corrected chi connectivity index (χ0v) is 20.5. The number of aliphatic carboxylic acids is 1. The lowest BCUT2D eigenvalue weighted by Gasteiger charge is -2.34. The van der Waals surface area contributed by atoms with Crippen LogP contribution in [0.15, 0.2) is 52.5 Å². The first-order valence-corrected chi connectivity index (χ1v) is 12.4. The fourth-order valence-electron chi connectivity index (χ4n) is 3.81. The van der Waals surface area contributed by atoms with E-state index >= 15 is 0 Å². The van der Waals surface area contributed by atoms with E-state index in [9.17, 15) is 23.1 Å². The normalized spacial score (nSPS) is 17.0. The van der Waals surface area contributed by atoms with Crippen LogP contribution in [0.4, 0.5) is 18.9 Å². The lowest BCUT2D eigenvalue weighted by Crippen LogP contribution is -2.46. The van der Waals surface area contributed by atoms with Crippen molar-refractivity contribution in [1.29, 1.82) is 0 Å². The molecule has 0 aromatic heterocycles. The van der Waals surface area contributed by atoms with Crippen LogP contribution in [0.25, 0.3) is 0 Å². The Morgan fingerprint density at radius 3 is 2.40 bits per heavy atom. The minimum atomic E-state index is -4.39. The average Bonchev–Trinajstić information content (AvgIpc) is 2.80. The fraction of sp³-hybridized carbons (Fsp3) is 0.440. The van der Waals surface area contributed by atoms with Gasteiger partial charge in [-0.15, -0.1) is 11.8 Å². The molecule has 1 fully saturated rings. The molecule has 1 atom stereocenters. The molecule has 0 aliphatic heterocycles. The number of hydrazone groups is 1. The van der Waals surface area contributed by atoms with Crippen molar-refractivity contribution in [3.05, 3.63) is 53.6 Å². The van der Waals surface area contributed by atoms with E-state index < -0.39 is 23.3 Å². The Morgan fingerprint density at radius 2 is 1.86 bits per heavy atom. The number of benzene rings is 2. The Bertz CT molecular complexity index is 1050. The van der Waals surface area contributed by atoms with Gasteiger partial charge in [-0.05, 0) is 87.6 Å². The summed E-state index contributed by atoms with van der Waals surface area (Å²) in [7, 11) is 0. The molecule has 0 radical (unpaired) electrons. The van der Waals surface area contributed by atoms with Crippen molar-refractivity contribution in [2.24, 2.45) is 10.8 Å². The van der Waals surface area contributed by atoms with Crippen LogP contribution in [0.3, 0.4) is 0 Å². The van der Waals surface area contributed by atoms with Gasteiger partial charge in [0.2, 0.25) is 5.60 Å². The SMILES string of the molecule is Cc1cc(SC/C(=N/Nc2ccc(C(F)(F)F)cc2)C(C)N)ccc1OC1(C(=O)O)CCCCC1. The summed E-state index contributed by atoms with van der Waals surface area (Å²) in [5.41, 5.74) is 8.82. The molecule has 1 aliphatic carbocycles. The van der Waals surface area contributed by atoms with E-state index in [4.69, 9.17) is 10.5 Å². The van der Waals surface area contributed by atoms with Crippen LogP contribution in [0, 0.1) is 6.92 Å². The fourth-order valence-corrected chi connectivity index (χ4v) is 4.88. The van der Waals surface area contributed by atoms with Crippen LogP contribution in [-0.2, 0) is 11.0 Å². The van der Waals surface area contributed by atoms with E-state index in [-0.39, 0.29) is 6.04 Å². The summed E-state index contributed by atoms with van der Waals surface area (Å²) in [4.78, 5) is 12.9. The molecule has 1 aliphatic rings. The number of aryl methyl sites for hydroxylation is 1. The Kier molecular flexibility index (Phi) is 8.71. The molecule has 6 nitrogen and oxygen atoms in total. The summed E-state index contributed by atoms with van der Waals surface area (Å²) in [6.45, 7) is 3.66. The molecular formula is C25H30F3N3O3S. The van der Waals surface area contributed by atoms with Gasteiger partial charge < -0.3 is 15.6 Å². The molecule has 1 unspecified atom stereocenters. The molecule has 0 spiro atoms. The third-order valence-electron chi connectivity index (χ3n) is 5.96. The standard InChI is InChI=1S/C25H30F3N3O3S/c1-16-14-20(10-11-22(16)34-24(23(32)33)12-4-3-5-13-24)35-15-21(17(2)29)31-30-19-8-6-18(7-9-19)25(26,27)28/h6-11,14,17,30H,3-5,12-13,15,29H2,1-2H3,(H,32,33)/b31-21-. The van der Waals surface area contributed by atoms with Crippen molar-refractivity contribution >= 4 is 29.1 Å². The monoisotopic (exact) mass is 509 g/mol. The second-order valence-electron chi connectivity index (χ2n) is 8.76. The van der Waals surface area contributed by atoms with Gasteiger partial charge in [-0.3, -0.25) is 5.43 Å². The van der Waals surface area contributed by atoms with Crippen molar-refractivity contribution in [2.75, 3.05) is 11.2 Å². The maximum absolute atomic E-state index is 12.7. The molecule has 35 heavy (non-hydrogen) atoms. The molecule has 2 aromatic carbocycles. The molecule has 0 amide bonds. The molecule has 0 heterocycles. The average molecular weight is 510 g/mol. The number of rotatable bonds is 9. The van der Waals surface area contributed by atoms with Crippen molar-refractivity contribution in [3.8, 4) is 5.75 Å². The summed E-state index contributed by atoms with van der Waals surface area (Å²) < 4.78 is 44.2. The Balaban J connectivity index is 1.64. The van der Waals surface area contributed by atoms with E-state index in [1.165, 1.54) is 23.9 Å². The Hall–Kier alpha value is -2.72. The number of alkyl halides is 3. The molecule has 190 valence electrons. The number of hydrogen-bond acceptors (Lipinski definition) is 6. The van der Waals surface area contributed by atoms with E-state index in [1.54, 1.807) is 13.0 Å². The molecular weight excluding hydrogens is 479 g/mol. The first-order valence-electron chi connectivity index (χ1n) is 11.4. The summed E-state index contributed by atoms with van der Waals surface area (Å²) >= 11 is 1.50. The lowest BCUT2D eigenvalue weighted by molar-refractivity contribution is -0.158. The maximum Gasteiger partial charge on any atom is 0.416 e. The second-order valence-corrected chi connectivity index (χ2v) is 9.81. The van der Waals surface area contributed by atoms with Gasteiger partial charge in [-0.25, -0.2) is 4.79 Å². The van der Waals surface area contributed by atoms with E-state index in [0.29, 0.717) is 35.7 Å². The van der Waals surface area contributed by atoms with Crippen LogP contribution in [0.1, 0.15) is 50.2 Å². The van der Waals surface area contributed by atoms with E-state index in [2.05, 4.69) is 10.5 Å². The highest BCUT2D eigenvalue weighted by Gasteiger charge is 2.42. The largest absolute Gasteiger partial charge is 0.478 e. The Morgan fingerprint density at radius 1 is 1.20 bits per heavy atom. The quantitative estimate of drug-likeness (QED) is 0.215. The summed E-state index contributed by atoms with van der Waals surface area (Å²) in [5, 5.41) is 14.1. The number of hydrogen-bond donors (Lipinski definition) is 3. The zero-order chi connectivity index (χ0) is 25.6. The smallest absolute Gasteiger partial charge is 0.416 e. The van der Waals surface area contributed by atoms with Gasteiger partial charge in [-0.1, -0.05) is 6.42 Å².